The minimum absolute atomic E-state index is 0.192. The zero-order chi connectivity index (χ0) is 14.1. The summed E-state index contributed by atoms with van der Waals surface area (Å²) >= 11 is 0. The van der Waals surface area contributed by atoms with Crippen molar-refractivity contribution in [1.29, 1.82) is 5.26 Å². The number of halogens is 3. The van der Waals surface area contributed by atoms with Crippen LogP contribution < -0.4 is 5.32 Å². The fourth-order valence-electron chi connectivity index (χ4n) is 1.57. The summed E-state index contributed by atoms with van der Waals surface area (Å²) in [4.78, 5) is 0. The van der Waals surface area contributed by atoms with E-state index in [0.29, 0.717) is 13.0 Å². The van der Waals surface area contributed by atoms with Crippen LogP contribution in [0.3, 0.4) is 0 Å². The Bertz CT molecular complexity index is 254. The quantitative estimate of drug-likeness (QED) is 0.638. The van der Waals surface area contributed by atoms with Crippen molar-refractivity contribution in [3.8, 4) is 6.07 Å². The SMILES string of the molecule is CC(C)(C#N)CCCCNCCCCC(F)(F)F. The van der Waals surface area contributed by atoms with Crippen LogP contribution in [0.15, 0.2) is 0 Å². The van der Waals surface area contributed by atoms with Gasteiger partial charge in [-0.25, -0.2) is 0 Å². The Morgan fingerprint density at radius 3 is 1.89 bits per heavy atom. The van der Waals surface area contributed by atoms with Crippen molar-refractivity contribution >= 4 is 0 Å². The van der Waals surface area contributed by atoms with Gasteiger partial charge in [0.05, 0.1) is 11.5 Å². The Morgan fingerprint density at radius 2 is 1.44 bits per heavy atom. The summed E-state index contributed by atoms with van der Waals surface area (Å²) < 4.78 is 35.5. The average Bonchev–Trinajstić information content (AvgIpc) is 2.25. The Morgan fingerprint density at radius 1 is 0.944 bits per heavy atom. The third kappa shape index (κ3) is 11.7. The second kappa shape index (κ2) is 8.36. The highest BCUT2D eigenvalue weighted by molar-refractivity contribution is 4.91. The minimum Gasteiger partial charge on any atom is -0.317 e. The maximum atomic E-state index is 11.8. The highest BCUT2D eigenvalue weighted by atomic mass is 19.4. The summed E-state index contributed by atoms with van der Waals surface area (Å²) in [6, 6.07) is 2.25. The van der Waals surface area contributed by atoms with E-state index in [1.54, 1.807) is 0 Å². The van der Waals surface area contributed by atoms with E-state index in [9.17, 15) is 13.2 Å². The number of hydrogen-bond donors (Lipinski definition) is 1. The van der Waals surface area contributed by atoms with Gasteiger partial charge in [-0.3, -0.25) is 0 Å². The van der Waals surface area contributed by atoms with Gasteiger partial charge in [0.1, 0.15) is 0 Å². The third-order valence-corrected chi connectivity index (χ3v) is 2.77. The van der Waals surface area contributed by atoms with Crippen molar-refractivity contribution in [2.45, 2.75) is 58.5 Å². The molecule has 0 saturated heterocycles. The number of rotatable bonds is 9. The van der Waals surface area contributed by atoms with E-state index in [0.717, 1.165) is 25.8 Å². The Balaban J connectivity index is 3.25. The molecule has 1 N–H and O–H groups in total. The zero-order valence-electron chi connectivity index (χ0n) is 11.2. The van der Waals surface area contributed by atoms with Gasteiger partial charge in [-0.2, -0.15) is 18.4 Å². The summed E-state index contributed by atoms with van der Waals surface area (Å²) in [7, 11) is 0. The molecule has 0 bridgehead atoms. The fraction of sp³-hybridized carbons (Fsp3) is 0.923. The molecule has 0 aromatic carbocycles. The van der Waals surface area contributed by atoms with Crippen LogP contribution in [0.5, 0.6) is 0 Å². The van der Waals surface area contributed by atoms with E-state index in [-0.39, 0.29) is 11.8 Å². The van der Waals surface area contributed by atoms with Crippen LogP contribution in [-0.2, 0) is 0 Å². The van der Waals surface area contributed by atoms with Gasteiger partial charge < -0.3 is 5.32 Å². The molecule has 0 aliphatic heterocycles. The molecular weight excluding hydrogens is 241 g/mol. The molecule has 0 radical (unpaired) electrons. The molecule has 0 amide bonds. The molecule has 2 nitrogen and oxygen atoms in total. The first-order valence-electron chi connectivity index (χ1n) is 6.45. The maximum Gasteiger partial charge on any atom is 0.389 e. The molecule has 0 atom stereocenters. The van der Waals surface area contributed by atoms with Crippen molar-refractivity contribution in [2.24, 2.45) is 5.41 Å². The van der Waals surface area contributed by atoms with Crippen molar-refractivity contribution in [3.05, 3.63) is 0 Å². The summed E-state index contributed by atoms with van der Waals surface area (Å²) in [5.41, 5.74) is -0.271. The van der Waals surface area contributed by atoms with Gasteiger partial charge in [0.25, 0.3) is 0 Å². The molecule has 0 spiro atoms. The smallest absolute Gasteiger partial charge is 0.317 e. The topological polar surface area (TPSA) is 35.8 Å². The predicted molar refractivity (Wildman–Crippen MR) is 66.0 cm³/mol. The number of alkyl halides is 3. The number of nitrogens with one attached hydrogen (secondary N) is 1. The van der Waals surface area contributed by atoms with Gasteiger partial charge in [-0.05, 0) is 52.6 Å². The number of hydrogen-bond acceptors (Lipinski definition) is 2. The lowest BCUT2D eigenvalue weighted by atomic mass is 9.89. The van der Waals surface area contributed by atoms with E-state index in [1.165, 1.54) is 0 Å². The first-order chi connectivity index (χ1) is 8.27. The van der Waals surface area contributed by atoms with Crippen LogP contribution >= 0.6 is 0 Å². The monoisotopic (exact) mass is 264 g/mol. The van der Waals surface area contributed by atoms with Gasteiger partial charge in [0, 0.05) is 6.42 Å². The molecule has 0 rings (SSSR count). The molecule has 0 unspecified atom stereocenters. The second-order valence-corrected chi connectivity index (χ2v) is 5.28. The summed E-state index contributed by atoms with van der Waals surface area (Å²) in [5, 5.41) is 11.9. The van der Waals surface area contributed by atoms with Crippen LogP contribution in [0, 0.1) is 16.7 Å². The molecule has 0 aromatic heterocycles. The standard InChI is InChI=1S/C13H23F3N2/c1-12(2,11-17)7-3-5-9-18-10-6-4-8-13(14,15)16/h18H,3-10H2,1-2H3. The van der Waals surface area contributed by atoms with E-state index in [2.05, 4.69) is 11.4 Å². The normalized spacial score (nSPS) is 12.4. The molecule has 0 aromatic rings. The molecule has 5 heteroatoms. The van der Waals surface area contributed by atoms with Crippen molar-refractivity contribution in [3.63, 3.8) is 0 Å². The lowest BCUT2D eigenvalue weighted by Gasteiger charge is -2.14. The molecular formula is C13H23F3N2. The van der Waals surface area contributed by atoms with E-state index < -0.39 is 12.6 Å². The number of nitriles is 1. The van der Waals surface area contributed by atoms with Crippen LogP contribution in [-0.4, -0.2) is 19.3 Å². The molecule has 18 heavy (non-hydrogen) atoms. The molecule has 0 aliphatic rings. The number of nitrogens with zero attached hydrogens (tertiary/aromatic N) is 1. The summed E-state index contributed by atoms with van der Waals surface area (Å²) in [6.45, 7) is 5.28. The lowest BCUT2D eigenvalue weighted by molar-refractivity contribution is -0.135. The molecule has 0 heterocycles. The van der Waals surface area contributed by atoms with Crippen molar-refractivity contribution in [1.82, 2.24) is 5.32 Å². The van der Waals surface area contributed by atoms with Gasteiger partial charge >= 0.3 is 6.18 Å². The van der Waals surface area contributed by atoms with Gasteiger partial charge in [0.2, 0.25) is 0 Å². The Labute approximate surface area is 108 Å². The second-order valence-electron chi connectivity index (χ2n) is 5.28. The fourth-order valence-corrected chi connectivity index (χ4v) is 1.57. The summed E-state index contributed by atoms with van der Waals surface area (Å²) in [6.07, 6.45) is -1.17. The zero-order valence-corrected chi connectivity index (χ0v) is 11.2. The van der Waals surface area contributed by atoms with Crippen LogP contribution in [0.4, 0.5) is 13.2 Å². The first kappa shape index (κ1) is 17.2. The third-order valence-electron chi connectivity index (χ3n) is 2.77. The van der Waals surface area contributed by atoms with E-state index >= 15 is 0 Å². The molecule has 0 fully saturated rings. The molecule has 0 aliphatic carbocycles. The highest BCUT2D eigenvalue weighted by Crippen LogP contribution is 2.22. The molecule has 106 valence electrons. The predicted octanol–water partition coefficient (Wildman–Crippen LogP) is 4.03. The van der Waals surface area contributed by atoms with Crippen molar-refractivity contribution in [2.75, 3.05) is 13.1 Å². The van der Waals surface area contributed by atoms with Crippen LogP contribution in [0.2, 0.25) is 0 Å². The first-order valence-corrected chi connectivity index (χ1v) is 6.45. The highest BCUT2D eigenvalue weighted by Gasteiger charge is 2.25. The van der Waals surface area contributed by atoms with Crippen LogP contribution in [0.25, 0.3) is 0 Å². The van der Waals surface area contributed by atoms with Crippen molar-refractivity contribution < 1.29 is 13.2 Å². The lowest BCUT2D eigenvalue weighted by Crippen LogP contribution is -2.18. The minimum atomic E-state index is -4.02. The van der Waals surface area contributed by atoms with Gasteiger partial charge in [0.15, 0.2) is 0 Å². The Kier molecular flexibility index (Phi) is 8.01. The largest absolute Gasteiger partial charge is 0.389 e. The van der Waals surface area contributed by atoms with E-state index in [1.807, 2.05) is 13.8 Å². The number of unbranched alkanes of at least 4 members (excludes halogenated alkanes) is 2. The van der Waals surface area contributed by atoms with E-state index in [4.69, 9.17) is 5.26 Å². The molecule has 0 saturated carbocycles. The van der Waals surface area contributed by atoms with Crippen LogP contribution in [0.1, 0.15) is 52.4 Å². The van der Waals surface area contributed by atoms with Gasteiger partial charge in [-0.1, -0.05) is 6.42 Å². The Hall–Kier alpha value is -0.760. The average molecular weight is 264 g/mol. The maximum absolute atomic E-state index is 11.8. The summed E-state index contributed by atoms with van der Waals surface area (Å²) in [5.74, 6) is 0. The van der Waals surface area contributed by atoms with Gasteiger partial charge in [-0.15, -0.1) is 0 Å².